The zero-order chi connectivity index (χ0) is 16.6. The van der Waals surface area contributed by atoms with Crippen LogP contribution in [0.2, 0.25) is 0 Å². The number of carbonyl (C=O) groups excluding carboxylic acids is 1. The number of ether oxygens (including phenoxy) is 1. The molecule has 3 rings (SSSR count). The van der Waals surface area contributed by atoms with Crippen LogP contribution in [0.1, 0.15) is 29.9 Å². The van der Waals surface area contributed by atoms with Gasteiger partial charge < -0.3 is 14.2 Å². The maximum atomic E-state index is 12.7. The molecule has 122 valence electrons. The van der Waals surface area contributed by atoms with E-state index in [4.69, 9.17) is 4.74 Å². The van der Waals surface area contributed by atoms with Gasteiger partial charge in [0, 0.05) is 25.2 Å². The molecule has 1 aromatic carbocycles. The van der Waals surface area contributed by atoms with Crippen molar-refractivity contribution in [1.82, 2.24) is 14.5 Å². The van der Waals surface area contributed by atoms with E-state index in [-0.39, 0.29) is 17.6 Å². The van der Waals surface area contributed by atoms with Crippen LogP contribution in [0.15, 0.2) is 23.0 Å². The van der Waals surface area contributed by atoms with Crippen LogP contribution >= 0.6 is 0 Å². The molecule has 0 bridgehead atoms. The Morgan fingerprint density at radius 1 is 1.43 bits per heavy atom. The van der Waals surface area contributed by atoms with Crippen LogP contribution in [0.4, 0.5) is 0 Å². The van der Waals surface area contributed by atoms with Crippen molar-refractivity contribution in [3.63, 3.8) is 0 Å². The van der Waals surface area contributed by atoms with Gasteiger partial charge in [-0.25, -0.2) is 4.98 Å². The molecular formula is C17H21N3O3. The lowest BCUT2D eigenvalue weighted by Gasteiger charge is -2.31. The number of rotatable bonds is 2. The van der Waals surface area contributed by atoms with E-state index in [9.17, 15) is 9.59 Å². The molecule has 0 aliphatic carbocycles. The van der Waals surface area contributed by atoms with E-state index < -0.39 is 0 Å². The van der Waals surface area contributed by atoms with Crippen molar-refractivity contribution < 1.29 is 9.53 Å². The van der Waals surface area contributed by atoms with Crippen LogP contribution in [0.5, 0.6) is 0 Å². The van der Waals surface area contributed by atoms with Gasteiger partial charge in [-0.3, -0.25) is 9.59 Å². The summed E-state index contributed by atoms with van der Waals surface area (Å²) < 4.78 is 7.16. The lowest BCUT2D eigenvalue weighted by atomic mass is 10.1. The van der Waals surface area contributed by atoms with Crippen molar-refractivity contribution in [3.05, 3.63) is 39.8 Å². The summed E-state index contributed by atoms with van der Waals surface area (Å²) in [5.41, 5.74) is 2.40. The largest absolute Gasteiger partial charge is 0.375 e. The highest BCUT2D eigenvalue weighted by Crippen LogP contribution is 2.16. The van der Waals surface area contributed by atoms with Crippen LogP contribution < -0.4 is 5.56 Å². The van der Waals surface area contributed by atoms with E-state index in [1.54, 1.807) is 28.5 Å². The number of nitrogens with zero attached hydrogens (tertiary/aromatic N) is 3. The Hall–Kier alpha value is -2.21. The summed E-state index contributed by atoms with van der Waals surface area (Å²) in [7, 11) is 0. The standard InChI is InChI=1S/C17H21N3O3/c1-4-20-15-6-5-13(9-14(15)18-12(3)16(20)21)17(22)19-7-8-23-11(2)10-19/h5-6,9,11H,4,7-8,10H2,1-3H3. The second-order valence-corrected chi connectivity index (χ2v) is 5.88. The molecule has 0 saturated carbocycles. The molecule has 1 saturated heterocycles. The van der Waals surface area contributed by atoms with Gasteiger partial charge in [-0.1, -0.05) is 0 Å². The zero-order valence-electron chi connectivity index (χ0n) is 13.7. The van der Waals surface area contributed by atoms with Gasteiger partial charge in [0.25, 0.3) is 11.5 Å². The Balaban J connectivity index is 2.01. The van der Waals surface area contributed by atoms with E-state index >= 15 is 0 Å². The average molecular weight is 315 g/mol. The number of hydrogen-bond donors (Lipinski definition) is 0. The van der Waals surface area contributed by atoms with Gasteiger partial charge >= 0.3 is 0 Å². The molecule has 1 atom stereocenters. The predicted octanol–water partition coefficient (Wildman–Crippen LogP) is 1.59. The monoisotopic (exact) mass is 315 g/mol. The summed E-state index contributed by atoms with van der Waals surface area (Å²) in [6, 6.07) is 5.35. The number of benzene rings is 1. The van der Waals surface area contributed by atoms with Crippen molar-refractivity contribution in [1.29, 1.82) is 0 Å². The molecule has 2 heterocycles. The topological polar surface area (TPSA) is 64.4 Å². The summed E-state index contributed by atoms with van der Waals surface area (Å²) in [5, 5.41) is 0. The van der Waals surface area contributed by atoms with E-state index in [0.29, 0.717) is 43.0 Å². The summed E-state index contributed by atoms with van der Waals surface area (Å²) in [5.74, 6) is -0.0178. The number of carbonyl (C=O) groups is 1. The van der Waals surface area contributed by atoms with E-state index in [1.807, 2.05) is 19.9 Å². The average Bonchev–Trinajstić information content (AvgIpc) is 2.55. The summed E-state index contributed by atoms with van der Waals surface area (Å²) in [6.07, 6.45) is 0.0544. The second-order valence-electron chi connectivity index (χ2n) is 5.88. The molecule has 1 fully saturated rings. The van der Waals surface area contributed by atoms with Gasteiger partial charge in [0.05, 0.1) is 23.7 Å². The van der Waals surface area contributed by atoms with Crippen LogP contribution in [0, 0.1) is 6.92 Å². The number of fused-ring (bicyclic) bond motifs is 1. The number of amides is 1. The maximum Gasteiger partial charge on any atom is 0.272 e. The zero-order valence-corrected chi connectivity index (χ0v) is 13.7. The van der Waals surface area contributed by atoms with Crippen molar-refractivity contribution >= 4 is 16.9 Å². The third kappa shape index (κ3) is 2.86. The van der Waals surface area contributed by atoms with Crippen molar-refractivity contribution in [2.24, 2.45) is 0 Å². The van der Waals surface area contributed by atoms with Crippen LogP contribution in [-0.4, -0.2) is 46.2 Å². The molecule has 1 aliphatic rings. The van der Waals surface area contributed by atoms with Crippen LogP contribution in [-0.2, 0) is 11.3 Å². The van der Waals surface area contributed by atoms with E-state index in [0.717, 1.165) is 5.52 Å². The first kappa shape index (κ1) is 15.7. The van der Waals surface area contributed by atoms with Gasteiger partial charge in [-0.2, -0.15) is 0 Å². The first-order valence-electron chi connectivity index (χ1n) is 7.93. The molecule has 6 heteroatoms. The Morgan fingerprint density at radius 2 is 2.22 bits per heavy atom. The Labute approximate surface area is 134 Å². The molecule has 23 heavy (non-hydrogen) atoms. The minimum Gasteiger partial charge on any atom is -0.375 e. The van der Waals surface area contributed by atoms with Gasteiger partial charge in [0.15, 0.2) is 0 Å². The van der Waals surface area contributed by atoms with Crippen LogP contribution in [0.3, 0.4) is 0 Å². The van der Waals surface area contributed by atoms with Gasteiger partial charge in [0.2, 0.25) is 0 Å². The normalized spacial score (nSPS) is 18.4. The maximum absolute atomic E-state index is 12.7. The first-order chi connectivity index (χ1) is 11.0. The SMILES string of the molecule is CCn1c(=O)c(C)nc2cc(C(=O)N3CCOC(C)C3)ccc21. The lowest BCUT2D eigenvalue weighted by Crippen LogP contribution is -2.44. The fraction of sp³-hybridized carbons (Fsp3) is 0.471. The second kappa shape index (κ2) is 6.12. The number of hydrogen-bond acceptors (Lipinski definition) is 4. The molecule has 6 nitrogen and oxygen atoms in total. The van der Waals surface area contributed by atoms with Gasteiger partial charge in [0.1, 0.15) is 5.69 Å². The predicted molar refractivity (Wildman–Crippen MR) is 87.7 cm³/mol. The Morgan fingerprint density at radius 3 is 2.91 bits per heavy atom. The molecular weight excluding hydrogens is 294 g/mol. The molecule has 0 N–H and O–H groups in total. The fourth-order valence-corrected chi connectivity index (χ4v) is 3.01. The Kier molecular flexibility index (Phi) is 4.17. The fourth-order valence-electron chi connectivity index (χ4n) is 3.01. The molecule has 2 aromatic rings. The third-order valence-electron chi connectivity index (χ3n) is 4.20. The number of aromatic nitrogens is 2. The molecule has 0 radical (unpaired) electrons. The molecule has 1 unspecified atom stereocenters. The minimum atomic E-state index is -0.0823. The summed E-state index contributed by atoms with van der Waals surface area (Å²) >= 11 is 0. The summed E-state index contributed by atoms with van der Waals surface area (Å²) in [6.45, 7) is 7.92. The van der Waals surface area contributed by atoms with Gasteiger partial charge in [-0.05, 0) is 39.0 Å². The number of aryl methyl sites for hydroxylation is 2. The molecule has 0 spiro atoms. The van der Waals surface area contributed by atoms with Crippen LogP contribution in [0.25, 0.3) is 11.0 Å². The highest BCUT2D eigenvalue weighted by molar-refractivity contribution is 5.97. The van der Waals surface area contributed by atoms with E-state index in [1.165, 1.54) is 0 Å². The molecule has 1 amide bonds. The first-order valence-corrected chi connectivity index (χ1v) is 7.93. The number of morpholine rings is 1. The lowest BCUT2D eigenvalue weighted by molar-refractivity contribution is -0.0124. The minimum absolute atomic E-state index is 0.0178. The smallest absolute Gasteiger partial charge is 0.272 e. The molecule has 1 aliphatic heterocycles. The van der Waals surface area contributed by atoms with Crippen molar-refractivity contribution in [2.45, 2.75) is 33.4 Å². The Bertz CT molecular complexity index is 813. The van der Waals surface area contributed by atoms with Crippen molar-refractivity contribution in [3.8, 4) is 0 Å². The highest BCUT2D eigenvalue weighted by atomic mass is 16.5. The van der Waals surface area contributed by atoms with Gasteiger partial charge in [-0.15, -0.1) is 0 Å². The highest BCUT2D eigenvalue weighted by Gasteiger charge is 2.23. The van der Waals surface area contributed by atoms with E-state index in [2.05, 4.69) is 4.98 Å². The molecule has 1 aromatic heterocycles. The quantitative estimate of drug-likeness (QED) is 0.844. The third-order valence-corrected chi connectivity index (χ3v) is 4.20. The van der Waals surface area contributed by atoms with Crippen molar-refractivity contribution in [2.75, 3.05) is 19.7 Å². The summed E-state index contributed by atoms with van der Waals surface area (Å²) in [4.78, 5) is 31.0.